The molecule has 0 bridgehead atoms. The molecule has 1 fully saturated rings. The number of Topliss-reactive ketones (excluding diaryl/α,β-unsaturated/α-hetero) is 1. The Hall–Kier alpha value is -4.67. The number of ketones is 1. The lowest BCUT2D eigenvalue weighted by molar-refractivity contribution is -0.274. The van der Waals surface area contributed by atoms with E-state index in [9.17, 15) is 27.9 Å². The normalized spacial score (nSPS) is 16.9. The van der Waals surface area contributed by atoms with E-state index in [4.69, 9.17) is 14.2 Å². The summed E-state index contributed by atoms with van der Waals surface area (Å²) in [5.41, 5.74) is 0.195. The van der Waals surface area contributed by atoms with Crippen LogP contribution in [0, 0.1) is 0 Å². The van der Waals surface area contributed by atoms with Crippen molar-refractivity contribution < 1.29 is 46.8 Å². The average molecular weight is 529 g/mol. The molecule has 1 unspecified atom stereocenters. The highest BCUT2D eigenvalue weighted by Crippen LogP contribution is 2.44. The van der Waals surface area contributed by atoms with Gasteiger partial charge in [-0.3, -0.25) is 14.5 Å². The standard InChI is InChI=1S/C27H22F3NO7/c1-35-18-8-4-6-15(12-18)23-22(24(32)16-10-11-20(36-2)21(13-16)37-3)25(33)26(34)31(23)17-7-5-9-19(14-17)38-27(28,29)30/h4-14,23,32H,1-3H3/b24-22+. The van der Waals surface area contributed by atoms with Crippen LogP contribution < -0.4 is 23.8 Å². The molecule has 38 heavy (non-hydrogen) atoms. The molecule has 198 valence electrons. The number of ether oxygens (including phenoxy) is 4. The van der Waals surface area contributed by atoms with E-state index in [2.05, 4.69) is 4.74 Å². The van der Waals surface area contributed by atoms with Gasteiger partial charge in [0.25, 0.3) is 11.7 Å². The number of rotatable bonds is 7. The van der Waals surface area contributed by atoms with Crippen LogP contribution in [0.15, 0.2) is 72.3 Å². The Morgan fingerprint density at radius 2 is 1.53 bits per heavy atom. The zero-order valence-electron chi connectivity index (χ0n) is 20.4. The molecule has 11 heteroatoms. The first kappa shape index (κ1) is 26.4. The summed E-state index contributed by atoms with van der Waals surface area (Å²) in [6.07, 6.45) is -4.97. The van der Waals surface area contributed by atoms with Gasteiger partial charge >= 0.3 is 6.36 Å². The summed E-state index contributed by atoms with van der Waals surface area (Å²) in [6, 6.07) is 14.3. The third-order valence-electron chi connectivity index (χ3n) is 5.84. The molecule has 8 nitrogen and oxygen atoms in total. The fourth-order valence-electron chi connectivity index (χ4n) is 4.20. The molecule has 1 aliphatic rings. The lowest BCUT2D eigenvalue weighted by Gasteiger charge is -2.26. The second-order valence-corrected chi connectivity index (χ2v) is 8.06. The maximum absolute atomic E-state index is 13.3. The van der Waals surface area contributed by atoms with Gasteiger partial charge in [-0.2, -0.15) is 0 Å². The Balaban J connectivity index is 1.93. The Labute approximate surface area is 215 Å². The van der Waals surface area contributed by atoms with Crippen molar-refractivity contribution in [3.8, 4) is 23.0 Å². The predicted octanol–water partition coefficient (Wildman–Crippen LogP) is 5.24. The van der Waals surface area contributed by atoms with E-state index in [1.54, 1.807) is 24.3 Å². The zero-order chi connectivity index (χ0) is 27.6. The van der Waals surface area contributed by atoms with Gasteiger partial charge in [0.15, 0.2) is 11.5 Å². The molecule has 0 spiro atoms. The predicted molar refractivity (Wildman–Crippen MR) is 130 cm³/mol. The van der Waals surface area contributed by atoms with Gasteiger partial charge in [0.2, 0.25) is 0 Å². The summed E-state index contributed by atoms with van der Waals surface area (Å²) < 4.78 is 58.3. The number of hydrogen-bond donors (Lipinski definition) is 1. The molecule has 1 heterocycles. The first-order valence-corrected chi connectivity index (χ1v) is 11.1. The smallest absolute Gasteiger partial charge is 0.507 e. The number of anilines is 1. The minimum Gasteiger partial charge on any atom is -0.507 e. The lowest BCUT2D eigenvalue weighted by atomic mass is 9.94. The molecule has 0 radical (unpaired) electrons. The minimum atomic E-state index is -4.97. The number of amides is 1. The monoisotopic (exact) mass is 529 g/mol. The van der Waals surface area contributed by atoms with E-state index in [0.29, 0.717) is 17.1 Å². The largest absolute Gasteiger partial charge is 0.573 e. The van der Waals surface area contributed by atoms with Crippen molar-refractivity contribution in [2.75, 3.05) is 26.2 Å². The van der Waals surface area contributed by atoms with Crippen molar-refractivity contribution in [1.82, 2.24) is 0 Å². The molecule has 0 aliphatic carbocycles. The first-order chi connectivity index (χ1) is 18.1. The number of benzene rings is 3. The molecule has 1 saturated heterocycles. The Morgan fingerprint density at radius 3 is 2.18 bits per heavy atom. The van der Waals surface area contributed by atoms with Gasteiger partial charge in [0.05, 0.1) is 32.9 Å². The summed E-state index contributed by atoms with van der Waals surface area (Å²) in [5.74, 6) is -2.15. The number of nitrogens with zero attached hydrogens (tertiary/aromatic N) is 1. The molecule has 0 saturated carbocycles. The number of carbonyl (C=O) groups excluding carboxylic acids is 2. The van der Waals surface area contributed by atoms with E-state index < -0.39 is 35.6 Å². The van der Waals surface area contributed by atoms with E-state index in [0.717, 1.165) is 17.0 Å². The lowest BCUT2D eigenvalue weighted by Crippen LogP contribution is -2.29. The summed E-state index contributed by atoms with van der Waals surface area (Å²) in [4.78, 5) is 27.6. The zero-order valence-corrected chi connectivity index (χ0v) is 20.4. The quantitative estimate of drug-likeness (QED) is 0.254. The summed E-state index contributed by atoms with van der Waals surface area (Å²) in [6.45, 7) is 0. The van der Waals surface area contributed by atoms with Crippen molar-refractivity contribution in [3.63, 3.8) is 0 Å². The Bertz CT molecular complexity index is 1420. The van der Waals surface area contributed by atoms with Gasteiger partial charge in [-0.1, -0.05) is 18.2 Å². The van der Waals surface area contributed by atoms with Crippen molar-refractivity contribution in [1.29, 1.82) is 0 Å². The first-order valence-electron chi connectivity index (χ1n) is 11.1. The highest BCUT2D eigenvalue weighted by Gasteiger charge is 2.47. The van der Waals surface area contributed by atoms with Crippen molar-refractivity contribution in [2.24, 2.45) is 0 Å². The van der Waals surface area contributed by atoms with E-state index in [1.807, 2.05) is 0 Å². The van der Waals surface area contributed by atoms with Crippen LogP contribution in [-0.2, 0) is 9.59 Å². The summed E-state index contributed by atoms with van der Waals surface area (Å²) in [7, 11) is 4.26. The van der Waals surface area contributed by atoms with Crippen LogP contribution >= 0.6 is 0 Å². The second-order valence-electron chi connectivity index (χ2n) is 8.06. The van der Waals surface area contributed by atoms with Gasteiger partial charge in [0.1, 0.15) is 17.3 Å². The fourth-order valence-corrected chi connectivity index (χ4v) is 4.20. The molecule has 1 amide bonds. The van der Waals surface area contributed by atoms with Gasteiger partial charge in [-0.25, -0.2) is 0 Å². The van der Waals surface area contributed by atoms with E-state index >= 15 is 0 Å². The van der Waals surface area contributed by atoms with Crippen molar-refractivity contribution in [2.45, 2.75) is 12.4 Å². The SMILES string of the molecule is COc1cccc(C2/C(=C(\O)c3ccc(OC)c(OC)c3)C(=O)C(=O)N2c2cccc(OC(F)(F)F)c2)c1. The maximum atomic E-state index is 13.3. The third kappa shape index (κ3) is 5.08. The van der Waals surface area contributed by atoms with Crippen LogP contribution in [0.5, 0.6) is 23.0 Å². The number of alkyl halides is 3. The number of halogens is 3. The molecule has 1 N–H and O–H groups in total. The fraction of sp³-hybridized carbons (Fsp3) is 0.185. The van der Waals surface area contributed by atoms with Crippen LogP contribution in [0.25, 0.3) is 5.76 Å². The Morgan fingerprint density at radius 1 is 0.842 bits per heavy atom. The Kier molecular flexibility index (Phi) is 7.20. The summed E-state index contributed by atoms with van der Waals surface area (Å²) in [5, 5.41) is 11.3. The minimum absolute atomic E-state index is 0.0481. The number of aliphatic hydroxyl groups excluding tert-OH is 1. The molecule has 3 aromatic rings. The number of aliphatic hydroxyl groups is 1. The maximum Gasteiger partial charge on any atom is 0.573 e. The molecule has 4 rings (SSSR count). The van der Waals surface area contributed by atoms with Crippen molar-refractivity contribution in [3.05, 3.63) is 83.4 Å². The van der Waals surface area contributed by atoms with Crippen LogP contribution in [0.2, 0.25) is 0 Å². The van der Waals surface area contributed by atoms with Gasteiger partial charge < -0.3 is 24.1 Å². The van der Waals surface area contributed by atoms with Crippen molar-refractivity contribution >= 4 is 23.1 Å². The highest BCUT2D eigenvalue weighted by molar-refractivity contribution is 6.51. The van der Waals surface area contributed by atoms with E-state index in [-0.39, 0.29) is 22.6 Å². The number of methoxy groups -OCH3 is 3. The van der Waals surface area contributed by atoms with Crippen LogP contribution in [0.1, 0.15) is 17.2 Å². The second kappa shape index (κ2) is 10.4. The molecule has 0 aromatic heterocycles. The molecule has 1 aliphatic heterocycles. The average Bonchev–Trinajstić information content (AvgIpc) is 3.17. The molecular weight excluding hydrogens is 507 g/mol. The van der Waals surface area contributed by atoms with Crippen LogP contribution in [0.3, 0.4) is 0 Å². The van der Waals surface area contributed by atoms with Gasteiger partial charge in [-0.05, 0) is 48.0 Å². The van der Waals surface area contributed by atoms with Crippen LogP contribution in [0.4, 0.5) is 18.9 Å². The molecular formula is C27H22F3NO7. The molecule has 3 aromatic carbocycles. The summed E-state index contributed by atoms with van der Waals surface area (Å²) >= 11 is 0. The highest BCUT2D eigenvalue weighted by atomic mass is 19.4. The number of carbonyl (C=O) groups is 2. The topological polar surface area (TPSA) is 94.5 Å². The number of hydrogen-bond acceptors (Lipinski definition) is 7. The molecule has 1 atom stereocenters. The van der Waals surface area contributed by atoms with Gasteiger partial charge in [-0.15, -0.1) is 13.2 Å². The van der Waals surface area contributed by atoms with Crippen LogP contribution in [-0.4, -0.2) is 44.5 Å². The van der Waals surface area contributed by atoms with E-state index in [1.165, 1.54) is 51.7 Å². The van der Waals surface area contributed by atoms with Gasteiger partial charge in [0, 0.05) is 17.3 Å². The third-order valence-corrected chi connectivity index (χ3v) is 5.84.